The molecule has 3 aromatic rings. The molecule has 1 aromatic carbocycles. The zero-order valence-electron chi connectivity index (χ0n) is 15.0. The fraction of sp³-hybridized carbons (Fsp3) is 0.278. The Hall–Kier alpha value is -2.87. The quantitative estimate of drug-likeness (QED) is 0.636. The van der Waals surface area contributed by atoms with Gasteiger partial charge in [0, 0.05) is 12.1 Å². The monoisotopic (exact) mass is 373 g/mol. The smallest absolute Gasteiger partial charge is 0.223 e. The summed E-state index contributed by atoms with van der Waals surface area (Å²) in [5.74, 6) is 1.45. The fourth-order valence-corrected chi connectivity index (χ4v) is 3.42. The van der Waals surface area contributed by atoms with E-state index in [9.17, 15) is 4.79 Å². The summed E-state index contributed by atoms with van der Waals surface area (Å²) >= 11 is 1.43. The lowest BCUT2D eigenvalue weighted by Gasteiger charge is -2.14. The number of nitrogens with zero attached hydrogens (tertiary/aromatic N) is 2. The van der Waals surface area contributed by atoms with E-state index in [0.29, 0.717) is 41.0 Å². The molecule has 136 valence electrons. The Morgan fingerprint density at radius 3 is 2.38 bits per heavy atom. The normalized spacial score (nSPS) is 10.6. The number of ether oxygens (including phenoxy) is 3. The topological polar surface area (TPSA) is 82.6 Å². The number of benzene rings is 1. The van der Waals surface area contributed by atoms with Gasteiger partial charge in [-0.1, -0.05) is 0 Å². The van der Waals surface area contributed by atoms with Crippen molar-refractivity contribution in [3.8, 4) is 17.2 Å². The van der Waals surface area contributed by atoms with Crippen LogP contribution in [0.15, 0.2) is 23.6 Å². The summed E-state index contributed by atoms with van der Waals surface area (Å²) < 4.78 is 16.7. The van der Waals surface area contributed by atoms with Gasteiger partial charge >= 0.3 is 0 Å². The van der Waals surface area contributed by atoms with Crippen LogP contribution in [-0.4, -0.2) is 43.6 Å². The van der Waals surface area contributed by atoms with E-state index >= 15 is 0 Å². The Morgan fingerprint density at radius 2 is 1.81 bits per heavy atom. The molecule has 0 spiro atoms. The van der Waals surface area contributed by atoms with Crippen LogP contribution >= 0.6 is 11.3 Å². The number of rotatable bonds is 7. The van der Waals surface area contributed by atoms with Crippen molar-refractivity contribution in [1.29, 1.82) is 0 Å². The highest BCUT2D eigenvalue weighted by Gasteiger charge is 2.22. The third-order valence-electron chi connectivity index (χ3n) is 3.78. The minimum Gasteiger partial charge on any atom is -0.493 e. The van der Waals surface area contributed by atoms with Crippen molar-refractivity contribution in [1.82, 2.24) is 9.97 Å². The highest BCUT2D eigenvalue weighted by Crippen LogP contribution is 2.39. The molecule has 0 unspecified atom stereocenters. The van der Waals surface area contributed by atoms with Crippen molar-refractivity contribution in [2.75, 3.05) is 33.2 Å². The van der Waals surface area contributed by atoms with Gasteiger partial charge < -0.3 is 19.5 Å². The van der Waals surface area contributed by atoms with Crippen LogP contribution in [0.2, 0.25) is 0 Å². The number of carbonyl (C=O) groups is 1. The standard InChI is InChI=1S/C18H19N3O4S/c1-5-19-18-20-11-6-7-26-17(11)14(21-18)15(22)10-8-12(23-2)16(25-4)13(9-10)24-3/h6-9H,5H2,1-4H3,(H,19,20,21). The van der Waals surface area contributed by atoms with Gasteiger partial charge in [-0.2, -0.15) is 0 Å². The maximum absolute atomic E-state index is 13.2. The van der Waals surface area contributed by atoms with Crippen LogP contribution in [-0.2, 0) is 0 Å². The zero-order chi connectivity index (χ0) is 18.7. The molecule has 0 amide bonds. The van der Waals surface area contributed by atoms with Gasteiger partial charge in [-0.25, -0.2) is 9.97 Å². The van der Waals surface area contributed by atoms with Gasteiger partial charge in [-0.3, -0.25) is 4.79 Å². The fourth-order valence-electron chi connectivity index (χ4n) is 2.60. The van der Waals surface area contributed by atoms with E-state index in [2.05, 4.69) is 15.3 Å². The van der Waals surface area contributed by atoms with Gasteiger partial charge in [0.05, 0.1) is 31.5 Å². The minimum absolute atomic E-state index is 0.238. The number of hydrogen-bond donors (Lipinski definition) is 1. The Balaban J connectivity index is 2.15. The van der Waals surface area contributed by atoms with Crippen LogP contribution in [0.25, 0.3) is 10.2 Å². The lowest BCUT2D eigenvalue weighted by Crippen LogP contribution is -2.10. The number of carbonyl (C=O) groups excluding carboxylic acids is 1. The molecule has 0 aliphatic heterocycles. The molecule has 7 nitrogen and oxygen atoms in total. The molecule has 3 rings (SSSR count). The van der Waals surface area contributed by atoms with E-state index in [1.54, 1.807) is 12.1 Å². The van der Waals surface area contributed by atoms with E-state index in [1.165, 1.54) is 32.7 Å². The molecule has 2 heterocycles. The second-order valence-corrected chi connectivity index (χ2v) is 6.22. The number of anilines is 1. The number of nitrogens with one attached hydrogen (secondary N) is 1. The van der Waals surface area contributed by atoms with E-state index < -0.39 is 0 Å². The number of ketones is 1. The zero-order valence-corrected chi connectivity index (χ0v) is 15.8. The van der Waals surface area contributed by atoms with Crippen molar-refractivity contribution >= 4 is 33.3 Å². The predicted molar refractivity (Wildman–Crippen MR) is 101 cm³/mol. The Kier molecular flexibility index (Phi) is 5.22. The molecule has 26 heavy (non-hydrogen) atoms. The highest BCUT2D eigenvalue weighted by atomic mass is 32.1. The van der Waals surface area contributed by atoms with Crippen LogP contribution in [0, 0.1) is 0 Å². The van der Waals surface area contributed by atoms with E-state index in [-0.39, 0.29) is 5.78 Å². The SMILES string of the molecule is CCNc1nc(C(=O)c2cc(OC)c(OC)c(OC)c2)c2sccc2n1. The van der Waals surface area contributed by atoms with Gasteiger partial charge in [0.15, 0.2) is 11.5 Å². The van der Waals surface area contributed by atoms with Gasteiger partial charge in [0.1, 0.15) is 5.69 Å². The molecule has 0 atom stereocenters. The maximum atomic E-state index is 13.2. The lowest BCUT2D eigenvalue weighted by molar-refractivity contribution is 0.103. The lowest BCUT2D eigenvalue weighted by atomic mass is 10.1. The Bertz CT molecular complexity index is 930. The minimum atomic E-state index is -0.238. The molecule has 0 aliphatic carbocycles. The van der Waals surface area contributed by atoms with Crippen molar-refractivity contribution in [3.05, 3.63) is 34.8 Å². The summed E-state index contributed by atoms with van der Waals surface area (Å²) in [6, 6.07) is 5.12. The number of hydrogen-bond acceptors (Lipinski definition) is 8. The molecule has 0 saturated heterocycles. The summed E-state index contributed by atoms with van der Waals surface area (Å²) in [6.07, 6.45) is 0. The van der Waals surface area contributed by atoms with Crippen LogP contribution < -0.4 is 19.5 Å². The Morgan fingerprint density at radius 1 is 1.12 bits per heavy atom. The average Bonchev–Trinajstić information content (AvgIpc) is 3.14. The Labute approximate surface area is 154 Å². The molecule has 0 fully saturated rings. The van der Waals surface area contributed by atoms with Gasteiger partial charge in [0.2, 0.25) is 17.5 Å². The van der Waals surface area contributed by atoms with Crippen LogP contribution in [0.5, 0.6) is 17.2 Å². The van der Waals surface area contributed by atoms with Gasteiger partial charge in [-0.15, -0.1) is 11.3 Å². The molecule has 0 aliphatic rings. The van der Waals surface area contributed by atoms with Crippen LogP contribution in [0.1, 0.15) is 23.0 Å². The molecule has 8 heteroatoms. The summed E-state index contributed by atoms with van der Waals surface area (Å²) in [5.41, 5.74) is 1.47. The van der Waals surface area contributed by atoms with E-state index in [1.807, 2.05) is 18.4 Å². The van der Waals surface area contributed by atoms with Crippen LogP contribution in [0.3, 0.4) is 0 Å². The second kappa shape index (κ2) is 7.57. The first kappa shape index (κ1) is 17.9. The molecule has 0 saturated carbocycles. The summed E-state index contributed by atoms with van der Waals surface area (Å²) in [5, 5.41) is 4.95. The first-order valence-electron chi connectivity index (χ1n) is 7.96. The molecule has 0 bridgehead atoms. The first-order valence-corrected chi connectivity index (χ1v) is 8.84. The third-order valence-corrected chi connectivity index (χ3v) is 4.69. The third kappa shape index (κ3) is 3.15. The molecule has 2 aromatic heterocycles. The number of aromatic nitrogens is 2. The number of fused-ring (bicyclic) bond motifs is 1. The number of methoxy groups -OCH3 is 3. The van der Waals surface area contributed by atoms with Crippen molar-refractivity contribution < 1.29 is 19.0 Å². The van der Waals surface area contributed by atoms with Crippen molar-refractivity contribution in [3.63, 3.8) is 0 Å². The largest absolute Gasteiger partial charge is 0.493 e. The predicted octanol–water partition coefficient (Wildman–Crippen LogP) is 3.38. The second-order valence-electron chi connectivity index (χ2n) is 5.30. The van der Waals surface area contributed by atoms with Gasteiger partial charge in [0.25, 0.3) is 0 Å². The van der Waals surface area contributed by atoms with E-state index in [4.69, 9.17) is 14.2 Å². The van der Waals surface area contributed by atoms with Crippen molar-refractivity contribution in [2.24, 2.45) is 0 Å². The molecular formula is C18H19N3O4S. The molecular weight excluding hydrogens is 354 g/mol. The molecule has 1 N–H and O–H groups in total. The summed E-state index contributed by atoms with van der Waals surface area (Å²) in [7, 11) is 4.54. The average molecular weight is 373 g/mol. The highest BCUT2D eigenvalue weighted by molar-refractivity contribution is 7.17. The summed E-state index contributed by atoms with van der Waals surface area (Å²) in [6.45, 7) is 2.61. The first-order chi connectivity index (χ1) is 12.6. The van der Waals surface area contributed by atoms with E-state index in [0.717, 1.165) is 10.2 Å². The van der Waals surface area contributed by atoms with Gasteiger partial charge in [-0.05, 0) is 30.5 Å². The molecule has 0 radical (unpaired) electrons. The van der Waals surface area contributed by atoms with Crippen LogP contribution in [0.4, 0.5) is 5.95 Å². The number of thiophene rings is 1. The van der Waals surface area contributed by atoms with Crippen molar-refractivity contribution in [2.45, 2.75) is 6.92 Å². The summed E-state index contributed by atoms with van der Waals surface area (Å²) in [4.78, 5) is 22.0. The maximum Gasteiger partial charge on any atom is 0.223 e.